The van der Waals surface area contributed by atoms with Gasteiger partial charge < -0.3 is 10.8 Å². The maximum absolute atomic E-state index is 11.8. The number of ketones is 1. The molecule has 24 heavy (non-hydrogen) atoms. The van der Waals surface area contributed by atoms with Crippen molar-refractivity contribution in [2.24, 2.45) is 11.7 Å². The zero-order valence-electron chi connectivity index (χ0n) is 14.2. The van der Waals surface area contributed by atoms with Crippen LogP contribution in [0.25, 0.3) is 0 Å². The summed E-state index contributed by atoms with van der Waals surface area (Å²) in [5.74, 6) is -0.648. The lowest BCUT2D eigenvalue weighted by molar-refractivity contribution is -0.139. The molecule has 0 radical (unpaired) electrons. The third kappa shape index (κ3) is 7.70. The third-order valence-electron chi connectivity index (χ3n) is 3.49. The maximum atomic E-state index is 11.8. The number of Topliss-reactive ketones (excluding diaryl/α,β-unsaturated/α-hetero) is 1. The van der Waals surface area contributed by atoms with Gasteiger partial charge in [-0.25, -0.2) is 0 Å². The van der Waals surface area contributed by atoms with Crippen LogP contribution in [-0.4, -0.2) is 22.9 Å². The number of carbonyl (C=O) groups is 2. The summed E-state index contributed by atoms with van der Waals surface area (Å²) in [6.07, 6.45) is 1.05. The molecular formula is C20H25NO3. The molecule has 0 bridgehead atoms. The first-order valence-corrected chi connectivity index (χ1v) is 7.98. The van der Waals surface area contributed by atoms with Gasteiger partial charge in [0.05, 0.1) is 0 Å². The minimum absolute atomic E-state index is 0.0208. The summed E-state index contributed by atoms with van der Waals surface area (Å²) in [6.45, 7) is 3.55. The number of benzene rings is 2. The molecular weight excluding hydrogens is 302 g/mol. The van der Waals surface area contributed by atoms with E-state index in [1.807, 2.05) is 60.7 Å². The molecule has 1 atom stereocenters. The van der Waals surface area contributed by atoms with Crippen molar-refractivity contribution in [3.8, 4) is 0 Å². The van der Waals surface area contributed by atoms with Gasteiger partial charge in [-0.1, -0.05) is 74.5 Å². The van der Waals surface area contributed by atoms with Crippen LogP contribution in [0.4, 0.5) is 0 Å². The van der Waals surface area contributed by atoms with E-state index in [-0.39, 0.29) is 11.7 Å². The predicted molar refractivity (Wildman–Crippen MR) is 95.7 cm³/mol. The number of hydrogen-bond donors (Lipinski definition) is 2. The second-order valence-corrected chi connectivity index (χ2v) is 5.97. The molecule has 0 fully saturated rings. The van der Waals surface area contributed by atoms with Crippen LogP contribution in [0.3, 0.4) is 0 Å². The Labute approximate surface area is 143 Å². The molecule has 0 aromatic heterocycles. The van der Waals surface area contributed by atoms with Gasteiger partial charge in [0.2, 0.25) is 0 Å². The fourth-order valence-electron chi connectivity index (χ4n) is 1.99. The van der Waals surface area contributed by atoms with Crippen LogP contribution >= 0.6 is 0 Å². The number of carboxylic acid groups (broad SMARTS) is 1. The van der Waals surface area contributed by atoms with Crippen molar-refractivity contribution in [2.75, 3.05) is 0 Å². The van der Waals surface area contributed by atoms with E-state index in [0.717, 1.165) is 11.1 Å². The van der Waals surface area contributed by atoms with Gasteiger partial charge in [-0.15, -0.1) is 0 Å². The van der Waals surface area contributed by atoms with E-state index in [2.05, 4.69) is 0 Å². The molecule has 3 N–H and O–H groups in total. The van der Waals surface area contributed by atoms with Crippen molar-refractivity contribution in [2.45, 2.75) is 32.7 Å². The van der Waals surface area contributed by atoms with Crippen LogP contribution in [0.1, 0.15) is 25.0 Å². The Balaban J connectivity index is 0.000000307. The van der Waals surface area contributed by atoms with E-state index in [4.69, 9.17) is 10.8 Å². The quantitative estimate of drug-likeness (QED) is 0.854. The van der Waals surface area contributed by atoms with E-state index < -0.39 is 12.0 Å². The first-order valence-electron chi connectivity index (χ1n) is 7.98. The predicted octanol–water partition coefficient (Wildman–Crippen LogP) is 3.10. The Kier molecular flexibility index (Phi) is 8.44. The first-order chi connectivity index (χ1) is 11.4. The minimum Gasteiger partial charge on any atom is -0.480 e. The van der Waals surface area contributed by atoms with Crippen LogP contribution < -0.4 is 5.73 Å². The van der Waals surface area contributed by atoms with Gasteiger partial charge >= 0.3 is 5.97 Å². The summed E-state index contributed by atoms with van der Waals surface area (Å²) >= 11 is 0. The Hall–Kier alpha value is -2.46. The maximum Gasteiger partial charge on any atom is 0.320 e. The lowest BCUT2D eigenvalue weighted by atomic mass is 10.0. The average Bonchev–Trinajstić information content (AvgIpc) is 2.56. The number of nitrogens with two attached hydrogens (primary N) is 1. The summed E-state index contributed by atoms with van der Waals surface area (Å²) in [4.78, 5) is 21.8. The molecule has 4 nitrogen and oxygen atoms in total. The highest BCUT2D eigenvalue weighted by molar-refractivity contribution is 5.83. The van der Waals surface area contributed by atoms with Crippen LogP contribution in [0.2, 0.25) is 0 Å². The molecule has 0 amide bonds. The molecule has 0 heterocycles. The molecule has 0 aliphatic carbocycles. The molecule has 0 aliphatic rings. The minimum atomic E-state index is -0.931. The van der Waals surface area contributed by atoms with Crippen LogP contribution in [-0.2, 0) is 22.4 Å². The van der Waals surface area contributed by atoms with Crippen molar-refractivity contribution in [1.82, 2.24) is 0 Å². The van der Waals surface area contributed by atoms with Crippen molar-refractivity contribution in [3.63, 3.8) is 0 Å². The number of rotatable bonds is 6. The fraction of sp³-hybridized carbons (Fsp3) is 0.300. The van der Waals surface area contributed by atoms with Crippen molar-refractivity contribution in [1.29, 1.82) is 0 Å². The number of carboxylic acids is 1. The molecule has 0 saturated carbocycles. The summed E-state index contributed by atoms with van der Waals surface area (Å²) in [6, 6.07) is 19.0. The monoisotopic (exact) mass is 327 g/mol. The van der Waals surface area contributed by atoms with E-state index in [9.17, 15) is 9.59 Å². The highest BCUT2D eigenvalue weighted by Gasteiger charge is 2.14. The summed E-state index contributed by atoms with van der Waals surface area (Å²) < 4.78 is 0. The second kappa shape index (κ2) is 10.3. The highest BCUT2D eigenvalue weighted by Crippen LogP contribution is 2.05. The van der Waals surface area contributed by atoms with Crippen molar-refractivity contribution >= 4 is 11.8 Å². The van der Waals surface area contributed by atoms with E-state index in [0.29, 0.717) is 12.8 Å². The largest absolute Gasteiger partial charge is 0.480 e. The van der Waals surface area contributed by atoms with Crippen LogP contribution in [0, 0.1) is 5.92 Å². The van der Waals surface area contributed by atoms with E-state index in [1.165, 1.54) is 0 Å². The molecule has 0 aliphatic heterocycles. The first kappa shape index (κ1) is 19.6. The Morgan fingerprint density at radius 2 is 1.25 bits per heavy atom. The normalized spacial score (nSPS) is 11.3. The average molecular weight is 327 g/mol. The molecule has 2 aromatic rings. The highest BCUT2D eigenvalue weighted by atomic mass is 16.4. The van der Waals surface area contributed by atoms with Crippen LogP contribution in [0.15, 0.2) is 60.7 Å². The lowest BCUT2D eigenvalue weighted by Gasteiger charge is -2.07. The third-order valence-corrected chi connectivity index (χ3v) is 3.49. The van der Waals surface area contributed by atoms with Crippen molar-refractivity contribution < 1.29 is 14.7 Å². The van der Waals surface area contributed by atoms with E-state index in [1.54, 1.807) is 13.8 Å². The van der Waals surface area contributed by atoms with Gasteiger partial charge in [-0.05, 0) is 17.0 Å². The Morgan fingerprint density at radius 3 is 1.50 bits per heavy atom. The smallest absolute Gasteiger partial charge is 0.320 e. The Bertz CT molecular complexity index is 580. The van der Waals surface area contributed by atoms with Gasteiger partial charge in [0.25, 0.3) is 0 Å². The molecule has 0 unspecified atom stereocenters. The molecule has 2 aromatic carbocycles. The summed E-state index contributed by atoms with van der Waals surface area (Å²) in [5.41, 5.74) is 7.33. The molecule has 2 rings (SSSR count). The summed E-state index contributed by atoms with van der Waals surface area (Å²) in [5, 5.41) is 8.23. The zero-order valence-corrected chi connectivity index (χ0v) is 14.2. The number of aliphatic carboxylic acids is 1. The topological polar surface area (TPSA) is 80.4 Å². The van der Waals surface area contributed by atoms with Gasteiger partial charge in [-0.2, -0.15) is 0 Å². The van der Waals surface area contributed by atoms with Gasteiger partial charge in [0.1, 0.15) is 11.8 Å². The SMILES string of the molecule is CC(C)[C@H](N)C(=O)O.O=C(Cc1ccccc1)Cc1ccccc1. The molecule has 0 spiro atoms. The number of carbonyl (C=O) groups excluding carboxylic acids is 1. The zero-order chi connectivity index (χ0) is 17.9. The molecule has 128 valence electrons. The lowest BCUT2D eigenvalue weighted by Crippen LogP contribution is -2.34. The van der Waals surface area contributed by atoms with Crippen molar-refractivity contribution in [3.05, 3.63) is 71.8 Å². The standard InChI is InChI=1S/C15H14O.C5H11NO2/c16-15(11-13-7-3-1-4-8-13)12-14-9-5-2-6-10-14;1-3(2)4(6)5(7)8/h1-10H,11-12H2;3-4H,6H2,1-2H3,(H,7,8)/t;4-/m.0/s1. The van der Waals surface area contributed by atoms with Crippen LogP contribution in [0.5, 0.6) is 0 Å². The molecule has 0 saturated heterocycles. The Morgan fingerprint density at radius 1 is 0.875 bits per heavy atom. The van der Waals surface area contributed by atoms with Gasteiger partial charge in [0, 0.05) is 12.8 Å². The van der Waals surface area contributed by atoms with Gasteiger partial charge in [0.15, 0.2) is 0 Å². The molecule has 4 heteroatoms. The summed E-state index contributed by atoms with van der Waals surface area (Å²) in [7, 11) is 0. The second-order valence-electron chi connectivity index (χ2n) is 5.97. The van der Waals surface area contributed by atoms with Gasteiger partial charge in [-0.3, -0.25) is 9.59 Å². The number of hydrogen-bond acceptors (Lipinski definition) is 3. The van der Waals surface area contributed by atoms with E-state index >= 15 is 0 Å². The fourth-order valence-corrected chi connectivity index (χ4v) is 1.99.